The highest BCUT2D eigenvalue weighted by Gasteiger charge is 2.35. The highest BCUT2D eigenvalue weighted by Crippen LogP contribution is 2.19. The number of hydrogen-bond donors (Lipinski definition) is 2. The molecule has 1 heterocycles. The number of benzene rings is 1. The van der Waals surface area contributed by atoms with E-state index < -0.39 is 0 Å². The summed E-state index contributed by atoms with van der Waals surface area (Å²) in [5, 5.41) is 5.44. The number of hydrogen-bond acceptors (Lipinski definition) is 4. The summed E-state index contributed by atoms with van der Waals surface area (Å²) < 4.78 is 5.33. The van der Waals surface area contributed by atoms with Crippen molar-refractivity contribution < 1.29 is 19.1 Å². The zero-order valence-electron chi connectivity index (χ0n) is 14.7. The van der Waals surface area contributed by atoms with Gasteiger partial charge in [-0.15, -0.1) is 0 Å². The van der Waals surface area contributed by atoms with Crippen molar-refractivity contribution in [1.29, 1.82) is 0 Å². The topological polar surface area (TPSA) is 87.7 Å². The molecule has 7 nitrogen and oxygen atoms in total. The van der Waals surface area contributed by atoms with Crippen molar-refractivity contribution in [3.05, 3.63) is 30.3 Å². The van der Waals surface area contributed by atoms with Gasteiger partial charge in [0.15, 0.2) is 6.61 Å². The number of likely N-dealkylation sites (tertiary alicyclic amines) is 1. The van der Waals surface area contributed by atoms with Gasteiger partial charge in [0.2, 0.25) is 11.8 Å². The Morgan fingerprint density at radius 1 is 1.20 bits per heavy atom. The summed E-state index contributed by atoms with van der Waals surface area (Å²) in [5.74, 6) is -0.0634. The number of nitrogens with zero attached hydrogens (tertiary/aromatic N) is 1. The molecule has 1 aliphatic rings. The predicted octanol–water partition coefficient (Wildman–Crippen LogP) is 0.555. The van der Waals surface area contributed by atoms with Crippen molar-refractivity contribution in [2.24, 2.45) is 5.92 Å². The molecule has 2 rings (SSSR count). The van der Waals surface area contributed by atoms with Crippen LogP contribution in [-0.4, -0.2) is 54.9 Å². The first-order valence-corrected chi connectivity index (χ1v) is 8.49. The lowest BCUT2D eigenvalue weighted by atomic mass is 10.1. The minimum Gasteiger partial charge on any atom is -0.484 e. The van der Waals surface area contributed by atoms with Gasteiger partial charge in [0.05, 0.1) is 5.92 Å². The molecular formula is C18H25N3O4. The Morgan fingerprint density at radius 3 is 2.52 bits per heavy atom. The summed E-state index contributed by atoms with van der Waals surface area (Å²) >= 11 is 0. The van der Waals surface area contributed by atoms with Gasteiger partial charge in [-0.3, -0.25) is 14.4 Å². The molecule has 1 aromatic rings. The maximum atomic E-state index is 12.1. The summed E-state index contributed by atoms with van der Waals surface area (Å²) in [6, 6.07) is 9.18. The van der Waals surface area contributed by atoms with E-state index in [0.29, 0.717) is 25.4 Å². The number of amides is 3. The Balaban J connectivity index is 1.60. The van der Waals surface area contributed by atoms with E-state index >= 15 is 0 Å². The highest BCUT2D eigenvalue weighted by molar-refractivity contribution is 5.89. The Labute approximate surface area is 147 Å². The summed E-state index contributed by atoms with van der Waals surface area (Å²) in [5.41, 5.74) is 0. The van der Waals surface area contributed by atoms with E-state index in [1.165, 1.54) is 0 Å². The average Bonchev–Trinajstić information content (AvgIpc) is 3.00. The number of rotatable bonds is 8. The summed E-state index contributed by atoms with van der Waals surface area (Å²) in [6.45, 7) is 4.90. The zero-order valence-corrected chi connectivity index (χ0v) is 14.7. The van der Waals surface area contributed by atoms with Crippen LogP contribution in [0.15, 0.2) is 30.3 Å². The third kappa shape index (κ3) is 5.77. The Hall–Kier alpha value is -2.57. The molecular weight excluding hydrogens is 322 g/mol. The van der Waals surface area contributed by atoms with Crippen LogP contribution in [0.1, 0.15) is 20.3 Å². The first-order valence-electron chi connectivity index (χ1n) is 8.49. The van der Waals surface area contributed by atoms with Crippen molar-refractivity contribution in [3.63, 3.8) is 0 Å². The van der Waals surface area contributed by atoms with E-state index in [2.05, 4.69) is 10.6 Å². The van der Waals surface area contributed by atoms with Crippen molar-refractivity contribution in [1.82, 2.24) is 15.5 Å². The maximum Gasteiger partial charge on any atom is 0.258 e. The van der Waals surface area contributed by atoms with Crippen molar-refractivity contribution >= 4 is 17.7 Å². The number of nitrogens with one attached hydrogen (secondary N) is 2. The minimum absolute atomic E-state index is 0.0153. The monoisotopic (exact) mass is 347 g/mol. The van der Waals surface area contributed by atoms with Crippen LogP contribution in [0, 0.1) is 5.92 Å². The fraction of sp³-hybridized carbons (Fsp3) is 0.500. The SMILES string of the molecule is CC(C)N1C[C@@H](C(=O)NCCNC(=O)COc2ccccc2)CC1=O. The van der Waals surface area contributed by atoms with Crippen LogP contribution in [0.5, 0.6) is 5.75 Å². The van der Waals surface area contributed by atoms with Gasteiger partial charge >= 0.3 is 0 Å². The lowest BCUT2D eigenvalue weighted by Gasteiger charge is -2.20. The second kappa shape index (κ2) is 9.05. The van der Waals surface area contributed by atoms with Crippen molar-refractivity contribution in [3.8, 4) is 5.75 Å². The van der Waals surface area contributed by atoms with Crippen molar-refractivity contribution in [2.75, 3.05) is 26.2 Å². The number of carbonyl (C=O) groups excluding carboxylic acids is 3. The van der Waals surface area contributed by atoms with Crippen LogP contribution in [0.3, 0.4) is 0 Å². The Morgan fingerprint density at radius 2 is 1.88 bits per heavy atom. The molecule has 0 spiro atoms. The van der Waals surface area contributed by atoms with Crippen LogP contribution in [0.2, 0.25) is 0 Å². The van der Waals surface area contributed by atoms with Crippen LogP contribution >= 0.6 is 0 Å². The first kappa shape index (κ1) is 18.8. The summed E-state index contributed by atoms with van der Waals surface area (Å²) in [7, 11) is 0. The largest absolute Gasteiger partial charge is 0.484 e. The van der Waals surface area contributed by atoms with E-state index in [-0.39, 0.29) is 42.7 Å². The predicted molar refractivity (Wildman–Crippen MR) is 92.9 cm³/mol. The van der Waals surface area contributed by atoms with Gasteiger partial charge in [0, 0.05) is 32.1 Å². The highest BCUT2D eigenvalue weighted by atomic mass is 16.5. The van der Waals surface area contributed by atoms with Crippen LogP contribution < -0.4 is 15.4 Å². The standard InChI is InChI=1S/C18H25N3O4/c1-13(2)21-11-14(10-17(21)23)18(24)20-9-8-19-16(22)12-25-15-6-4-3-5-7-15/h3-7,13-14H,8-12H2,1-2H3,(H,19,22)(H,20,24)/t14-/m0/s1. The molecule has 7 heteroatoms. The summed E-state index contributed by atoms with van der Waals surface area (Å²) in [4.78, 5) is 37.3. The third-order valence-electron chi connectivity index (χ3n) is 4.01. The van der Waals surface area contributed by atoms with Gasteiger partial charge in [-0.1, -0.05) is 18.2 Å². The minimum atomic E-state index is -0.313. The molecule has 1 aliphatic heterocycles. The Kier molecular flexibility index (Phi) is 6.80. The lowest BCUT2D eigenvalue weighted by Crippen LogP contribution is -2.40. The number of ether oxygens (including phenoxy) is 1. The molecule has 3 amide bonds. The molecule has 2 N–H and O–H groups in total. The maximum absolute atomic E-state index is 12.1. The molecule has 0 radical (unpaired) electrons. The zero-order chi connectivity index (χ0) is 18.2. The molecule has 0 saturated carbocycles. The molecule has 1 aromatic carbocycles. The molecule has 136 valence electrons. The van der Waals surface area contributed by atoms with E-state index in [4.69, 9.17) is 4.74 Å². The van der Waals surface area contributed by atoms with Crippen LogP contribution in [0.4, 0.5) is 0 Å². The lowest BCUT2D eigenvalue weighted by molar-refractivity contribution is -0.129. The number of para-hydroxylation sites is 1. The van der Waals surface area contributed by atoms with Gasteiger partial charge < -0.3 is 20.3 Å². The molecule has 1 saturated heterocycles. The van der Waals surface area contributed by atoms with Gasteiger partial charge in [0.1, 0.15) is 5.75 Å². The second-order valence-corrected chi connectivity index (χ2v) is 6.28. The molecule has 0 unspecified atom stereocenters. The van der Waals surface area contributed by atoms with Crippen molar-refractivity contribution in [2.45, 2.75) is 26.3 Å². The van der Waals surface area contributed by atoms with Gasteiger partial charge in [-0.25, -0.2) is 0 Å². The number of carbonyl (C=O) groups is 3. The molecule has 0 bridgehead atoms. The first-order chi connectivity index (χ1) is 12.0. The molecule has 1 atom stereocenters. The molecule has 1 fully saturated rings. The molecule has 25 heavy (non-hydrogen) atoms. The van der Waals surface area contributed by atoms with Gasteiger partial charge in [-0.2, -0.15) is 0 Å². The van der Waals surface area contributed by atoms with Crippen LogP contribution in [0.25, 0.3) is 0 Å². The second-order valence-electron chi connectivity index (χ2n) is 6.28. The quantitative estimate of drug-likeness (QED) is 0.673. The van der Waals surface area contributed by atoms with E-state index in [1.54, 1.807) is 17.0 Å². The van der Waals surface area contributed by atoms with Gasteiger partial charge in [0.25, 0.3) is 5.91 Å². The molecule has 0 aliphatic carbocycles. The normalized spacial score (nSPS) is 16.8. The fourth-order valence-electron chi connectivity index (χ4n) is 2.65. The molecule has 0 aromatic heterocycles. The van der Waals surface area contributed by atoms with E-state index in [9.17, 15) is 14.4 Å². The van der Waals surface area contributed by atoms with Gasteiger partial charge in [-0.05, 0) is 26.0 Å². The fourth-order valence-corrected chi connectivity index (χ4v) is 2.65. The average molecular weight is 347 g/mol. The van der Waals surface area contributed by atoms with Crippen LogP contribution in [-0.2, 0) is 14.4 Å². The summed E-state index contributed by atoms with van der Waals surface area (Å²) in [6.07, 6.45) is 0.251. The Bertz CT molecular complexity index is 604. The third-order valence-corrected chi connectivity index (χ3v) is 4.01. The van der Waals surface area contributed by atoms with E-state index in [0.717, 1.165) is 0 Å². The smallest absolute Gasteiger partial charge is 0.258 e. The van der Waals surface area contributed by atoms with E-state index in [1.807, 2.05) is 32.0 Å².